The summed E-state index contributed by atoms with van der Waals surface area (Å²) in [7, 11) is 0. The van der Waals surface area contributed by atoms with Crippen molar-refractivity contribution in [1.82, 2.24) is 24.8 Å². The smallest absolute Gasteiger partial charge is 0.261 e. The van der Waals surface area contributed by atoms with Gasteiger partial charge in [0.2, 0.25) is 5.95 Å². The first-order valence-corrected chi connectivity index (χ1v) is 9.73. The third-order valence-electron chi connectivity index (χ3n) is 4.82. The average molecular weight is 408 g/mol. The zero-order valence-electron chi connectivity index (χ0n) is 16.2. The molecule has 3 heterocycles. The Morgan fingerprint density at radius 2 is 2.00 bits per heavy atom. The molecule has 30 heavy (non-hydrogen) atoms. The van der Waals surface area contributed by atoms with E-state index in [4.69, 9.17) is 4.74 Å². The molecule has 9 heteroatoms. The van der Waals surface area contributed by atoms with Gasteiger partial charge in [-0.15, -0.1) is 0 Å². The maximum absolute atomic E-state index is 13.0. The van der Waals surface area contributed by atoms with Crippen molar-refractivity contribution in [2.75, 3.05) is 18.5 Å². The fraction of sp³-hybridized carbons (Fsp3) is 0.286. The van der Waals surface area contributed by atoms with Crippen LogP contribution in [0, 0.1) is 5.82 Å². The summed E-state index contributed by atoms with van der Waals surface area (Å²) in [6.07, 6.45) is 9.14. The van der Waals surface area contributed by atoms with Crippen LogP contribution in [0.25, 0.3) is 0 Å². The second-order valence-electron chi connectivity index (χ2n) is 6.86. The first-order chi connectivity index (χ1) is 14.7. The summed E-state index contributed by atoms with van der Waals surface area (Å²) >= 11 is 0. The molecule has 1 saturated heterocycles. The van der Waals surface area contributed by atoms with Crippen molar-refractivity contribution in [1.29, 1.82) is 0 Å². The lowest BCUT2D eigenvalue weighted by Crippen LogP contribution is -2.41. The summed E-state index contributed by atoms with van der Waals surface area (Å²) in [6, 6.07) is 7.27. The Morgan fingerprint density at radius 1 is 1.13 bits per heavy atom. The summed E-state index contributed by atoms with van der Waals surface area (Å²) < 4.78 is 18.6. The van der Waals surface area contributed by atoms with Crippen LogP contribution >= 0.6 is 0 Å². The Kier molecular flexibility index (Phi) is 6.07. The molecule has 8 nitrogen and oxygen atoms in total. The molecule has 1 aliphatic heterocycles. The normalized spacial score (nSPS) is 16.2. The van der Waals surface area contributed by atoms with Gasteiger partial charge in [-0.05, 0) is 49.6 Å². The Balaban J connectivity index is 1.45. The molecule has 1 N–H and O–H groups in total. The molecule has 2 aromatic heterocycles. The van der Waals surface area contributed by atoms with Crippen molar-refractivity contribution >= 4 is 17.7 Å². The number of amides is 1. The lowest BCUT2D eigenvalue weighted by molar-refractivity contribution is -0.137. The highest BCUT2D eigenvalue weighted by Crippen LogP contribution is 2.30. The van der Waals surface area contributed by atoms with Crippen LogP contribution in [0.5, 0.6) is 5.75 Å². The van der Waals surface area contributed by atoms with Crippen molar-refractivity contribution < 1.29 is 13.9 Å². The number of hydrogen-bond acceptors (Lipinski definition) is 7. The van der Waals surface area contributed by atoms with Crippen LogP contribution in [0.3, 0.4) is 0 Å². The van der Waals surface area contributed by atoms with Crippen LogP contribution in [0.4, 0.5) is 16.2 Å². The average Bonchev–Trinajstić information content (AvgIpc) is 2.79. The minimum Gasteiger partial charge on any atom is -0.484 e. The summed E-state index contributed by atoms with van der Waals surface area (Å²) in [5.41, 5.74) is 0.756. The summed E-state index contributed by atoms with van der Waals surface area (Å²) in [5, 5.41) is 3.02. The largest absolute Gasteiger partial charge is 0.484 e. The number of ether oxygens (including phenoxy) is 1. The van der Waals surface area contributed by atoms with Crippen molar-refractivity contribution in [3.63, 3.8) is 0 Å². The summed E-state index contributed by atoms with van der Waals surface area (Å²) in [4.78, 5) is 31.6. The molecule has 3 aromatic rings. The number of nitrogens with zero attached hydrogens (tertiary/aromatic N) is 5. The monoisotopic (exact) mass is 408 g/mol. The number of likely N-dealkylation sites (tertiary alicyclic amines) is 1. The van der Waals surface area contributed by atoms with Crippen LogP contribution in [0.1, 0.15) is 31.0 Å². The van der Waals surface area contributed by atoms with Gasteiger partial charge < -0.3 is 15.0 Å². The van der Waals surface area contributed by atoms with E-state index in [2.05, 4.69) is 25.3 Å². The Hall–Kier alpha value is -3.62. The van der Waals surface area contributed by atoms with Gasteiger partial charge in [0.15, 0.2) is 12.4 Å². The van der Waals surface area contributed by atoms with Crippen molar-refractivity contribution in [2.24, 2.45) is 0 Å². The molecular formula is C21H21FN6O2. The first kappa shape index (κ1) is 19.7. The third kappa shape index (κ3) is 4.86. The van der Waals surface area contributed by atoms with Gasteiger partial charge in [-0.25, -0.2) is 19.3 Å². The SMILES string of the molecule is O=C(COc1ccc(F)cc1)N1CCCCC1c1ccnc(Nc2cnccn2)n1. The van der Waals surface area contributed by atoms with Crippen LogP contribution in [-0.4, -0.2) is 43.9 Å². The van der Waals surface area contributed by atoms with E-state index in [-0.39, 0.29) is 24.4 Å². The highest BCUT2D eigenvalue weighted by Gasteiger charge is 2.29. The van der Waals surface area contributed by atoms with Gasteiger partial charge in [0.25, 0.3) is 5.91 Å². The second-order valence-corrected chi connectivity index (χ2v) is 6.86. The minimum atomic E-state index is -0.348. The molecule has 1 atom stereocenters. The molecule has 1 aromatic carbocycles. The molecular weight excluding hydrogens is 387 g/mol. The first-order valence-electron chi connectivity index (χ1n) is 9.73. The van der Waals surface area contributed by atoms with Crippen LogP contribution in [0.15, 0.2) is 55.1 Å². The van der Waals surface area contributed by atoms with Gasteiger partial charge in [-0.2, -0.15) is 0 Å². The molecule has 1 fully saturated rings. The molecule has 4 rings (SSSR count). The fourth-order valence-corrected chi connectivity index (χ4v) is 3.39. The van der Waals surface area contributed by atoms with E-state index in [1.54, 1.807) is 29.7 Å². The highest BCUT2D eigenvalue weighted by molar-refractivity contribution is 5.78. The van der Waals surface area contributed by atoms with Gasteiger partial charge in [0.05, 0.1) is 17.9 Å². The van der Waals surface area contributed by atoms with Gasteiger partial charge >= 0.3 is 0 Å². The topological polar surface area (TPSA) is 93.1 Å². The van der Waals surface area contributed by atoms with Gasteiger partial charge in [-0.3, -0.25) is 9.78 Å². The number of piperidine rings is 1. The lowest BCUT2D eigenvalue weighted by atomic mass is 9.99. The standard InChI is InChI=1S/C21H21FN6O2/c22-15-4-6-16(7-5-15)30-14-20(29)28-12-2-1-3-18(28)17-8-9-25-21(26-17)27-19-13-23-10-11-24-19/h4-11,13,18H,1-3,12,14H2,(H,24,25,26,27). The number of aromatic nitrogens is 4. The summed E-state index contributed by atoms with van der Waals surface area (Å²) in [6.45, 7) is 0.519. The molecule has 154 valence electrons. The van der Waals surface area contributed by atoms with Crippen molar-refractivity contribution in [3.8, 4) is 5.75 Å². The van der Waals surface area contributed by atoms with Gasteiger partial charge in [0.1, 0.15) is 11.6 Å². The number of nitrogens with one attached hydrogen (secondary N) is 1. The minimum absolute atomic E-state index is 0.113. The number of anilines is 2. The van der Waals surface area contributed by atoms with E-state index < -0.39 is 0 Å². The predicted molar refractivity (Wildman–Crippen MR) is 108 cm³/mol. The van der Waals surface area contributed by atoms with Crippen LogP contribution in [-0.2, 0) is 4.79 Å². The van der Waals surface area contributed by atoms with Gasteiger partial charge in [0, 0.05) is 25.1 Å². The molecule has 0 aliphatic carbocycles. The van der Waals surface area contributed by atoms with E-state index in [0.29, 0.717) is 24.1 Å². The molecule has 1 aliphatic rings. The van der Waals surface area contributed by atoms with Crippen molar-refractivity contribution in [3.05, 3.63) is 66.6 Å². The maximum Gasteiger partial charge on any atom is 0.261 e. The molecule has 0 spiro atoms. The molecule has 0 saturated carbocycles. The van der Waals surface area contributed by atoms with E-state index in [1.807, 2.05) is 6.07 Å². The number of halogens is 1. The lowest BCUT2D eigenvalue weighted by Gasteiger charge is -2.35. The molecule has 0 radical (unpaired) electrons. The number of carbonyl (C=O) groups excluding carboxylic acids is 1. The fourth-order valence-electron chi connectivity index (χ4n) is 3.39. The number of carbonyl (C=O) groups is 1. The highest BCUT2D eigenvalue weighted by atomic mass is 19.1. The zero-order chi connectivity index (χ0) is 20.8. The number of hydrogen-bond donors (Lipinski definition) is 1. The molecule has 1 amide bonds. The van der Waals surface area contributed by atoms with E-state index in [9.17, 15) is 9.18 Å². The molecule has 1 unspecified atom stereocenters. The van der Waals surface area contributed by atoms with Gasteiger partial charge in [-0.1, -0.05) is 0 Å². The summed E-state index contributed by atoms with van der Waals surface area (Å²) in [5.74, 6) is 0.911. The molecule has 0 bridgehead atoms. The zero-order valence-corrected chi connectivity index (χ0v) is 16.2. The third-order valence-corrected chi connectivity index (χ3v) is 4.82. The van der Waals surface area contributed by atoms with E-state index in [0.717, 1.165) is 25.0 Å². The van der Waals surface area contributed by atoms with Crippen molar-refractivity contribution in [2.45, 2.75) is 25.3 Å². The second kappa shape index (κ2) is 9.25. The predicted octanol–water partition coefficient (Wildman–Crippen LogP) is 3.28. The van der Waals surface area contributed by atoms with E-state index >= 15 is 0 Å². The number of benzene rings is 1. The van der Waals surface area contributed by atoms with Crippen LogP contribution in [0.2, 0.25) is 0 Å². The number of rotatable bonds is 6. The Labute approximate surface area is 173 Å². The maximum atomic E-state index is 13.0. The Morgan fingerprint density at radius 3 is 2.80 bits per heavy atom. The Bertz CT molecular complexity index is 986. The van der Waals surface area contributed by atoms with Crippen LogP contribution < -0.4 is 10.1 Å². The van der Waals surface area contributed by atoms with E-state index in [1.165, 1.54) is 24.3 Å². The quantitative estimate of drug-likeness (QED) is 0.669.